The van der Waals surface area contributed by atoms with Gasteiger partial charge < -0.3 is 14.9 Å². The molecule has 222 valence electrons. The lowest BCUT2D eigenvalue weighted by Gasteiger charge is -2.35. The second-order valence-corrected chi connectivity index (χ2v) is 12.5. The zero-order chi connectivity index (χ0) is 29.4. The van der Waals surface area contributed by atoms with E-state index in [9.17, 15) is 24.1 Å². The number of hydrogen-bond acceptors (Lipinski definition) is 6. The summed E-state index contributed by atoms with van der Waals surface area (Å²) in [7, 11) is -4.03. The van der Waals surface area contributed by atoms with Crippen LogP contribution in [0.15, 0.2) is 60.7 Å². The van der Waals surface area contributed by atoms with Gasteiger partial charge in [0.1, 0.15) is 12.1 Å². The van der Waals surface area contributed by atoms with Gasteiger partial charge in [0.15, 0.2) is 0 Å². The fraction of sp³-hybridized carbons (Fsp3) is 0.500. The predicted octanol–water partition coefficient (Wildman–Crippen LogP) is 4.60. The van der Waals surface area contributed by atoms with Crippen LogP contribution < -0.4 is 5.09 Å². The molecule has 2 amide bonds. The summed E-state index contributed by atoms with van der Waals surface area (Å²) >= 11 is 0. The number of carboxylic acids is 1. The second kappa shape index (κ2) is 14.2. The van der Waals surface area contributed by atoms with Crippen molar-refractivity contribution in [1.29, 1.82) is 0 Å². The molecule has 0 saturated carbocycles. The standard InChI is InChI=1S/C30H40N3O7P/c1-3-22(2)27(29(35)32-18-10-16-25(32)28(34)33-19-11-17-26(33)30(36)37)31-41(38,39-20-23-12-6-4-7-13-23)40-21-24-14-8-5-9-15-24/h4-9,12-15,22,25-27H,3,10-11,16-21H2,1-2H3,(H,31,38)(H,36,37)/t22-,25-,26-,27-/m0/s1. The number of carbonyl (C=O) groups excluding carboxylic acids is 2. The Balaban J connectivity index is 1.55. The monoisotopic (exact) mass is 585 g/mol. The normalized spacial score (nSPS) is 20.6. The zero-order valence-electron chi connectivity index (χ0n) is 23.7. The van der Waals surface area contributed by atoms with Crippen molar-refractivity contribution in [3.8, 4) is 0 Å². The first-order chi connectivity index (χ1) is 19.7. The first-order valence-electron chi connectivity index (χ1n) is 14.3. The molecule has 0 unspecified atom stereocenters. The number of likely N-dealkylation sites (tertiary alicyclic amines) is 2. The molecule has 0 radical (unpaired) electrons. The molecule has 2 aliphatic heterocycles. The van der Waals surface area contributed by atoms with E-state index in [-0.39, 0.29) is 30.9 Å². The SMILES string of the molecule is CC[C@H](C)[C@H](NP(=O)(OCc1ccccc1)OCc1ccccc1)C(=O)N1CCC[C@H]1C(=O)N1CCC[C@H]1C(=O)O. The molecule has 2 heterocycles. The molecule has 0 spiro atoms. The van der Waals surface area contributed by atoms with Crippen molar-refractivity contribution in [2.45, 2.75) is 77.3 Å². The third kappa shape index (κ3) is 7.83. The minimum Gasteiger partial charge on any atom is -0.480 e. The van der Waals surface area contributed by atoms with Crippen molar-refractivity contribution in [1.82, 2.24) is 14.9 Å². The highest BCUT2D eigenvalue weighted by molar-refractivity contribution is 7.51. The minimum absolute atomic E-state index is 0.0116. The summed E-state index contributed by atoms with van der Waals surface area (Å²) in [6.07, 6.45) is 2.68. The Morgan fingerprint density at radius 3 is 1.93 bits per heavy atom. The van der Waals surface area contributed by atoms with Gasteiger partial charge in [-0.3, -0.25) is 18.6 Å². The molecule has 2 fully saturated rings. The van der Waals surface area contributed by atoms with Crippen LogP contribution in [0.3, 0.4) is 0 Å². The van der Waals surface area contributed by atoms with Crippen molar-refractivity contribution in [2.75, 3.05) is 13.1 Å². The average molecular weight is 586 g/mol. The van der Waals surface area contributed by atoms with Gasteiger partial charge in [-0.25, -0.2) is 14.4 Å². The molecule has 2 aromatic carbocycles. The number of amides is 2. The summed E-state index contributed by atoms with van der Waals surface area (Å²) in [5.41, 5.74) is 1.60. The third-order valence-electron chi connectivity index (χ3n) is 7.91. The molecule has 4 rings (SSSR count). The van der Waals surface area contributed by atoms with E-state index in [1.165, 1.54) is 9.80 Å². The van der Waals surface area contributed by atoms with E-state index in [4.69, 9.17) is 9.05 Å². The smallest absolute Gasteiger partial charge is 0.406 e. The van der Waals surface area contributed by atoms with E-state index in [2.05, 4.69) is 5.09 Å². The van der Waals surface area contributed by atoms with Gasteiger partial charge >= 0.3 is 13.7 Å². The number of carbonyl (C=O) groups is 3. The highest BCUT2D eigenvalue weighted by atomic mass is 31.2. The Labute approximate surface area is 241 Å². The maximum atomic E-state index is 14.2. The molecule has 0 aliphatic carbocycles. The Kier molecular flexibility index (Phi) is 10.7. The van der Waals surface area contributed by atoms with Gasteiger partial charge in [0.25, 0.3) is 0 Å². The van der Waals surface area contributed by atoms with Crippen LogP contribution in [0.4, 0.5) is 0 Å². The van der Waals surface area contributed by atoms with Crippen LogP contribution in [0.2, 0.25) is 0 Å². The van der Waals surface area contributed by atoms with Gasteiger partial charge in [0, 0.05) is 13.1 Å². The first kappa shape index (κ1) is 30.9. The van der Waals surface area contributed by atoms with Gasteiger partial charge in [0.2, 0.25) is 11.8 Å². The van der Waals surface area contributed by atoms with Crippen LogP contribution >= 0.6 is 7.75 Å². The molecule has 10 nitrogen and oxygen atoms in total. The summed E-state index contributed by atoms with van der Waals surface area (Å²) in [5.74, 6) is -2.00. The van der Waals surface area contributed by atoms with E-state index in [0.29, 0.717) is 45.2 Å². The van der Waals surface area contributed by atoms with E-state index < -0.39 is 31.8 Å². The number of nitrogens with one attached hydrogen (secondary N) is 1. The summed E-state index contributed by atoms with van der Waals surface area (Å²) in [6, 6.07) is 16.0. The fourth-order valence-corrected chi connectivity index (χ4v) is 6.92. The lowest BCUT2D eigenvalue weighted by Crippen LogP contribution is -2.55. The molecule has 2 saturated heterocycles. The van der Waals surface area contributed by atoms with E-state index in [0.717, 1.165) is 11.1 Å². The lowest BCUT2D eigenvalue weighted by atomic mass is 9.98. The lowest BCUT2D eigenvalue weighted by molar-refractivity contribution is -0.152. The quantitative estimate of drug-likeness (QED) is 0.327. The maximum Gasteiger partial charge on any atom is 0.406 e. The fourth-order valence-electron chi connectivity index (χ4n) is 5.36. The third-order valence-corrected chi connectivity index (χ3v) is 9.44. The van der Waals surface area contributed by atoms with Crippen molar-refractivity contribution in [2.24, 2.45) is 5.92 Å². The Bertz CT molecular complexity index is 1180. The van der Waals surface area contributed by atoms with Gasteiger partial charge in [-0.05, 0) is 42.7 Å². The predicted molar refractivity (Wildman–Crippen MR) is 154 cm³/mol. The Morgan fingerprint density at radius 2 is 1.41 bits per heavy atom. The van der Waals surface area contributed by atoms with Crippen molar-refractivity contribution in [3.63, 3.8) is 0 Å². The van der Waals surface area contributed by atoms with Crippen LogP contribution in [0.1, 0.15) is 57.1 Å². The molecule has 11 heteroatoms. The Hall–Kier alpha value is -3.04. The zero-order valence-corrected chi connectivity index (χ0v) is 24.6. The minimum atomic E-state index is -4.03. The number of aliphatic carboxylic acids is 1. The molecule has 0 aromatic heterocycles. The molecule has 0 bridgehead atoms. The van der Waals surface area contributed by atoms with Gasteiger partial charge in [-0.1, -0.05) is 80.9 Å². The summed E-state index contributed by atoms with van der Waals surface area (Å²) in [5, 5.41) is 12.5. The van der Waals surface area contributed by atoms with Crippen LogP contribution in [-0.2, 0) is 41.2 Å². The largest absolute Gasteiger partial charge is 0.480 e. The van der Waals surface area contributed by atoms with Gasteiger partial charge in [-0.2, -0.15) is 0 Å². The average Bonchev–Trinajstić information content (AvgIpc) is 3.69. The number of carboxylic acid groups (broad SMARTS) is 1. The number of rotatable bonds is 13. The van der Waals surface area contributed by atoms with Crippen molar-refractivity contribution >= 4 is 25.5 Å². The van der Waals surface area contributed by atoms with Crippen LogP contribution in [-0.4, -0.2) is 63.9 Å². The second-order valence-electron chi connectivity index (χ2n) is 10.7. The molecule has 2 aromatic rings. The summed E-state index contributed by atoms with van der Waals surface area (Å²) in [6.45, 7) is 4.55. The topological polar surface area (TPSA) is 125 Å². The van der Waals surface area contributed by atoms with E-state index in [1.54, 1.807) is 0 Å². The van der Waals surface area contributed by atoms with Gasteiger partial charge in [0.05, 0.1) is 19.3 Å². The first-order valence-corrected chi connectivity index (χ1v) is 15.8. The van der Waals surface area contributed by atoms with Crippen molar-refractivity contribution in [3.05, 3.63) is 71.8 Å². The van der Waals surface area contributed by atoms with Crippen LogP contribution in [0.5, 0.6) is 0 Å². The molecular weight excluding hydrogens is 545 g/mol. The van der Waals surface area contributed by atoms with Crippen molar-refractivity contribution < 1.29 is 33.1 Å². The van der Waals surface area contributed by atoms with E-state index >= 15 is 0 Å². The van der Waals surface area contributed by atoms with Crippen LogP contribution in [0.25, 0.3) is 0 Å². The number of benzene rings is 2. The maximum absolute atomic E-state index is 14.2. The highest BCUT2D eigenvalue weighted by Crippen LogP contribution is 2.47. The van der Waals surface area contributed by atoms with Crippen LogP contribution in [0, 0.1) is 5.92 Å². The summed E-state index contributed by atoms with van der Waals surface area (Å²) < 4.78 is 26.0. The highest BCUT2D eigenvalue weighted by Gasteiger charge is 2.45. The van der Waals surface area contributed by atoms with E-state index in [1.807, 2.05) is 74.5 Å². The summed E-state index contributed by atoms with van der Waals surface area (Å²) in [4.78, 5) is 42.2. The Morgan fingerprint density at radius 1 is 0.902 bits per heavy atom. The molecule has 2 N–H and O–H groups in total. The number of hydrogen-bond donors (Lipinski definition) is 2. The molecular formula is C30H40N3O7P. The number of nitrogens with zero attached hydrogens (tertiary/aromatic N) is 2. The molecule has 4 atom stereocenters. The van der Waals surface area contributed by atoms with Gasteiger partial charge in [-0.15, -0.1) is 0 Å². The molecule has 41 heavy (non-hydrogen) atoms. The molecule has 2 aliphatic rings.